The van der Waals surface area contributed by atoms with Crippen LogP contribution in [-0.4, -0.2) is 28.4 Å². The van der Waals surface area contributed by atoms with Gasteiger partial charge in [-0.05, 0) is 38.8 Å². The SMILES string of the molecule is CC(C)(C)OC(=O)NCC#Cc1[nH]nc2ccccc12. The molecule has 0 spiro atoms. The van der Waals surface area contributed by atoms with E-state index in [0.29, 0.717) is 0 Å². The summed E-state index contributed by atoms with van der Waals surface area (Å²) in [6.07, 6.45) is -0.471. The number of nitrogens with one attached hydrogen (secondary N) is 2. The predicted octanol–water partition coefficient (Wildman–Crippen LogP) is 2.44. The highest BCUT2D eigenvalue weighted by Gasteiger charge is 2.15. The van der Waals surface area contributed by atoms with Gasteiger partial charge in [0.1, 0.15) is 11.3 Å². The molecule has 2 N–H and O–H groups in total. The molecular weight excluding hydrogens is 254 g/mol. The number of rotatable bonds is 1. The van der Waals surface area contributed by atoms with E-state index in [1.165, 1.54) is 0 Å². The molecule has 0 aliphatic rings. The second kappa shape index (κ2) is 5.66. The van der Waals surface area contributed by atoms with Crippen LogP contribution in [0.4, 0.5) is 4.79 Å². The predicted molar refractivity (Wildman–Crippen MR) is 77.2 cm³/mol. The summed E-state index contributed by atoms with van der Waals surface area (Å²) in [6, 6.07) is 7.71. The van der Waals surface area contributed by atoms with Crippen molar-refractivity contribution in [2.75, 3.05) is 6.54 Å². The molecule has 0 aliphatic carbocycles. The van der Waals surface area contributed by atoms with E-state index >= 15 is 0 Å². The third-order valence-electron chi connectivity index (χ3n) is 2.39. The number of aromatic amines is 1. The third-order valence-corrected chi connectivity index (χ3v) is 2.39. The summed E-state index contributed by atoms with van der Waals surface area (Å²) >= 11 is 0. The lowest BCUT2D eigenvalue weighted by Gasteiger charge is -2.18. The molecule has 0 bridgehead atoms. The number of benzene rings is 1. The monoisotopic (exact) mass is 271 g/mol. The molecule has 0 saturated carbocycles. The first-order valence-electron chi connectivity index (χ1n) is 6.34. The van der Waals surface area contributed by atoms with Crippen LogP contribution in [0.3, 0.4) is 0 Å². The van der Waals surface area contributed by atoms with Gasteiger partial charge in [0.25, 0.3) is 0 Å². The number of amides is 1. The molecule has 1 aromatic carbocycles. The van der Waals surface area contributed by atoms with Crippen LogP contribution in [0.15, 0.2) is 24.3 Å². The van der Waals surface area contributed by atoms with Crippen molar-refractivity contribution in [2.24, 2.45) is 0 Å². The Balaban J connectivity index is 1.94. The average molecular weight is 271 g/mol. The van der Waals surface area contributed by atoms with Crippen LogP contribution in [0.25, 0.3) is 10.9 Å². The molecule has 2 aromatic rings. The van der Waals surface area contributed by atoms with Crippen LogP contribution in [0.1, 0.15) is 26.5 Å². The Labute approximate surface area is 117 Å². The van der Waals surface area contributed by atoms with E-state index in [1.807, 2.05) is 45.0 Å². The van der Waals surface area contributed by atoms with Gasteiger partial charge in [-0.25, -0.2) is 4.79 Å². The highest BCUT2D eigenvalue weighted by atomic mass is 16.6. The Morgan fingerprint density at radius 2 is 2.15 bits per heavy atom. The Bertz CT molecular complexity index is 671. The quantitative estimate of drug-likeness (QED) is 0.783. The van der Waals surface area contributed by atoms with Gasteiger partial charge in [0, 0.05) is 5.39 Å². The van der Waals surface area contributed by atoms with Gasteiger partial charge < -0.3 is 10.1 Å². The molecule has 1 amide bonds. The molecule has 1 heterocycles. The van der Waals surface area contributed by atoms with E-state index in [2.05, 4.69) is 27.4 Å². The number of aromatic nitrogens is 2. The Morgan fingerprint density at radius 1 is 1.40 bits per heavy atom. The van der Waals surface area contributed by atoms with Gasteiger partial charge in [-0.2, -0.15) is 5.10 Å². The summed E-state index contributed by atoms with van der Waals surface area (Å²) in [7, 11) is 0. The van der Waals surface area contributed by atoms with E-state index in [1.54, 1.807) is 0 Å². The van der Waals surface area contributed by atoms with Crippen molar-refractivity contribution >= 4 is 17.0 Å². The molecule has 0 fully saturated rings. The second-order valence-corrected chi connectivity index (χ2v) is 5.27. The van der Waals surface area contributed by atoms with Gasteiger partial charge in [0.2, 0.25) is 0 Å². The molecule has 104 valence electrons. The van der Waals surface area contributed by atoms with Crippen molar-refractivity contribution in [1.29, 1.82) is 0 Å². The summed E-state index contributed by atoms with van der Waals surface area (Å²) < 4.78 is 5.11. The van der Waals surface area contributed by atoms with Crippen molar-refractivity contribution in [3.05, 3.63) is 30.0 Å². The van der Waals surface area contributed by atoms with Crippen molar-refractivity contribution < 1.29 is 9.53 Å². The molecule has 0 saturated heterocycles. The molecule has 0 aliphatic heterocycles. The van der Waals surface area contributed by atoms with Gasteiger partial charge >= 0.3 is 6.09 Å². The fourth-order valence-corrected chi connectivity index (χ4v) is 1.62. The minimum atomic E-state index is -0.503. The molecule has 5 heteroatoms. The average Bonchev–Trinajstić information content (AvgIpc) is 2.76. The molecule has 2 rings (SSSR count). The summed E-state index contributed by atoms with van der Waals surface area (Å²) in [5.74, 6) is 5.81. The third kappa shape index (κ3) is 3.75. The molecular formula is C15H17N3O2. The van der Waals surface area contributed by atoms with Crippen LogP contribution < -0.4 is 5.32 Å². The van der Waals surface area contributed by atoms with Crippen LogP contribution >= 0.6 is 0 Å². The maximum atomic E-state index is 11.4. The zero-order chi connectivity index (χ0) is 14.6. The molecule has 5 nitrogen and oxygen atoms in total. The number of nitrogens with zero attached hydrogens (tertiary/aromatic N) is 1. The summed E-state index contributed by atoms with van der Waals surface area (Å²) in [5.41, 5.74) is 1.11. The smallest absolute Gasteiger partial charge is 0.408 e. The van der Waals surface area contributed by atoms with E-state index < -0.39 is 11.7 Å². The summed E-state index contributed by atoms with van der Waals surface area (Å²) in [5, 5.41) is 10.6. The Morgan fingerprint density at radius 3 is 2.90 bits per heavy atom. The van der Waals surface area contributed by atoms with Gasteiger partial charge in [-0.1, -0.05) is 18.1 Å². The minimum absolute atomic E-state index is 0.224. The highest BCUT2D eigenvalue weighted by molar-refractivity contribution is 5.83. The van der Waals surface area contributed by atoms with Crippen LogP contribution in [-0.2, 0) is 4.74 Å². The molecule has 0 unspecified atom stereocenters. The lowest BCUT2D eigenvalue weighted by Crippen LogP contribution is -2.32. The number of H-pyrrole nitrogens is 1. The molecule has 20 heavy (non-hydrogen) atoms. The lowest BCUT2D eigenvalue weighted by molar-refractivity contribution is 0.0535. The van der Waals surface area contributed by atoms with Crippen molar-refractivity contribution in [2.45, 2.75) is 26.4 Å². The first-order chi connectivity index (χ1) is 9.46. The largest absolute Gasteiger partial charge is 0.444 e. The van der Waals surface area contributed by atoms with E-state index in [-0.39, 0.29) is 6.54 Å². The number of hydrogen-bond donors (Lipinski definition) is 2. The van der Waals surface area contributed by atoms with E-state index in [0.717, 1.165) is 16.6 Å². The highest BCUT2D eigenvalue weighted by Crippen LogP contribution is 2.13. The second-order valence-electron chi connectivity index (χ2n) is 5.27. The summed E-state index contributed by atoms with van der Waals surface area (Å²) in [6.45, 7) is 5.67. The molecule has 1 aromatic heterocycles. The first-order valence-corrected chi connectivity index (χ1v) is 6.34. The van der Waals surface area contributed by atoms with Crippen molar-refractivity contribution in [3.8, 4) is 11.8 Å². The molecule has 0 atom stereocenters. The van der Waals surface area contributed by atoms with Crippen molar-refractivity contribution in [1.82, 2.24) is 15.5 Å². The van der Waals surface area contributed by atoms with Crippen LogP contribution in [0.2, 0.25) is 0 Å². The maximum absolute atomic E-state index is 11.4. The fourth-order valence-electron chi connectivity index (χ4n) is 1.62. The summed E-state index contributed by atoms with van der Waals surface area (Å²) in [4.78, 5) is 11.4. The Kier molecular flexibility index (Phi) is 3.94. The zero-order valence-electron chi connectivity index (χ0n) is 11.8. The normalized spacial score (nSPS) is 10.8. The molecule has 0 radical (unpaired) electrons. The lowest BCUT2D eigenvalue weighted by atomic mass is 10.2. The maximum Gasteiger partial charge on any atom is 0.408 e. The number of para-hydroxylation sites is 1. The number of hydrogen-bond acceptors (Lipinski definition) is 3. The van der Waals surface area contributed by atoms with Gasteiger partial charge in [-0.15, -0.1) is 0 Å². The fraction of sp³-hybridized carbons (Fsp3) is 0.333. The number of carbonyl (C=O) groups is 1. The minimum Gasteiger partial charge on any atom is -0.444 e. The van der Waals surface area contributed by atoms with Gasteiger partial charge in [0.05, 0.1) is 12.1 Å². The van der Waals surface area contributed by atoms with Gasteiger partial charge in [-0.3, -0.25) is 5.10 Å². The number of carbonyl (C=O) groups excluding carboxylic acids is 1. The Hall–Kier alpha value is -2.48. The first kappa shape index (κ1) is 13.9. The van der Waals surface area contributed by atoms with E-state index in [4.69, 9.17) is 4.74 Å². The topological polar surface area (TPSA) is 67.0 Å². The number of ether oxygens (including phenoxy) is 1. The number of fused-ring (bicyclic) bond motifs is 1. The van der Waals surface area contributed by atoms with Gasteiger partial charge in [0.15, 0.2) is 0 Å². The van der Waals surface area contributed by atoms with E-state index in [9.17, 15) is 4.79 Å². The van der Waals surface area contributed by atoms with Crippen LogP contribution in [0, 0.1) is 11.8 Å². The number of alkyl carbamates (subject to hydrolysis) is 1. The zero-order valence-corrected chi connectivity index (χ0v) is 11.8. The standard InChI is InChI=1S/C15H17N3O2/c1-15(2,3)20-14(19)16-10-6-9-13-11-7-4-5-8-12(11)17-18-13/h4-5,7-8H,10H2,1-3H3,(H,16,19)(H,17,18). The van der Waals surface area contributed by atoms with Crippen LogP contribution in [0.5, 0.6) is 0 Å². The van der Waals surface area contributed by atoms with Crippen molar-refractivity contribution in [3.63, 3.8) is 0 Å².